The Balaban J connectivity index is 1.57. The molecule has 0 spiro atoms. The van der Waals surface area contributed by atoms with E-state index in [1.807, 2.05) is 30.3 Å². The lowest BCUT2D eigenvalue weighted by atomic mass is 9.94. The van der Waals surface area contributed by atoms with Gasteiger partial charge in [-0.05, 0) is 59.4 Å². The predicted molar refractivity (Wildman–Crippen MR) is 147 cm³/mol. The van der Waals surface area contributed by atoms with Gasteiger partial charge in [0.2, 0.25) is 6.36 Å². The predicted octanol–water partition coefficient (Wildman–Crippen LogP) is 10.7. The minimum absolute atomic E-state index is 0.111. The Morgan fingerprint density at radius 1 is 0.629 bits per heavy atom. The van der Waals surface area contributed by atoms with E-state index in [-0.39, 0.29) is 5.92 Å². The maximum absolute atomic E-state index is 15.4. The lowest BCUT2D eigenvalue weighted by Crippen LogP contribution is -2.22. The maximum Gasteiger partial charge on any atom is 0.241 e. The van der Waals surface area contributed by atoms with Crippen LogP contribution in [0.25, 0.3) is 21.5 Å². The van der Waals surface area contributed by atoms with Crippen molar-refractivity contribution in [3.05, 3.63) is 54.6 Å². The molecular formula is C32H44F2O. The van der Waals surface area contributed by atoms with Gasteiger partial charge in [0.1, 0.15) is 11.9 Å². The van der Waals surface area contributed by atoms with Gasteiger partial charge in [0, 0.05) is 5.92 Å². The summed E-state index contributed by atoms with van der Waals surface area (Å²) < 4.78 is 35.2. The Morgan fingerprint density at radius 3 is 2.03 bits per heavy atom. The molecule has 3 aromatic carbocycles. The van der Waals surface area contributed by atoms with Crippen molar-refractivity contribution in [2.45, 2.75) is 110 Å². The fourth-order valence-electron chi connectivity index (χ4n) is 5.05. The Kier molecular flexibility index (Phi) is 11.8. The zero-order chi connectivity index (χ0) is 24.9. The molecule has 35 heavy (non-hydrogen) atoms. The van der Waals surface area contributed by atoms with E-state index in [4.69, 9.17) is 4.74 Å². The van der Waals surface area contributed by atoms with Crippen LogP contribution in [0.5, 0.6) is 5.75 Å². The van der Waals surface area contributed by atoms with Gasteiger partial charge >= 0.3 is 0 Å². The Hall–Kier alpha value is -2.16. The maximum atomic E-state index is 15.4. The van der Waals surface area contributed by atoms with Gasteiger partial charge in [0.15, 0.2) is 0 Å². The average molecular weight is 483 g/mol. The van der Waals surface area contributed by atoms with Crippen molar-refractivity contribution in [3.63, 3.8) is 0 Å². The summed E-state index contributed by atoms with van der Waals surface area (Å²) in [6.07, 6.45) is 10.3. The third kappa shape index (κ3) is 8.78. The molecule has 0 aliphatic heterocycles. The van der Waals surface area contributed by atoms with Crippen molar-refractivity contribution >= 4 is 21.5 Å². The molecule has 0 fully saturated rings. The van der Waals surface area contributed by atoms with Gasteiger partial charge in [-0.15, -0.1) is 0 Å². The first-order chi connectivity index (χ1) is 17.1. The summed E-state index contributed by atoms with van der Waals surface area (Å²) >= 11 is 0. The molecule has 0 bridgehead atoms. The van der Waals surface area contributed by atoms with Crippen molar-refractivity contribution in [1.29, 1.82) is 0 Å². The molecule has 0 saturated heterocycles. The van der Waals surface area contributed by atoms with Crippen molar-refractivity contribution in [1.82, 2.24) is 0 Å². The second kappa shape index (κ2) is 15.1. The van der Waals surface area contributed by atoms with Crippen LogP contribution in [0.1, 0.15) is 97.3 Å². The average Bonchev–Trinajstić information content (AvgIpc) is 2.88. The molecule has 0 heterocycles. The Bertz CT molecular complexity index is 1000. The quantitative estimate of drug-likeness (QED) is 0.137. The van der Waals surface area contributed by atoms with Gasteiger partial charge in [0.25, 0.3) is 0 Å². The Morgan fingerprint density at radius 2 is 1.26 bits per heavy atom. The van der Waals surface area contributed by atoms with Crippen molar-refractivity contribution < 1.29 is 13.5 Å². The highest BCUT2D eigenvalue weighted by atomic mass is 19.1. The number of hydrogen-bond acceptors (Lipinski definition) is 1. The van der Waals surface area contributed by atoms with E-state index in [1.54, 1.807) is 0 Å². The van der Waals surface area contributed by atoms with Crippen LogP contribution in [-0.4, -0.2) is 12.5 Å². The molecule has 3 unspecified atom stereocenters. The summed E-state index contributed by atoms with van der Waals surface area (Å²) in [6, 6.07) is 18.4. The molecule has 3 atom stereocenters. The van der Waals surface area contributed by atoms with Gasteiger partial charge in [-0.1, -0.05) is 114 Å². The minimum atomic E-state index is -1.31. The number of alkyl halides is 2. The lowest BCUT2D eigenvalue weighted by Gasteiger charge is -2.22. The summed E-state index contributed by atoms with van der Waals surface area (Å²) in [5.41, 5.74) is 0. The molecule has 3 aromatic rings. The summed E-state index contributed by atoms with van der Waals surface area (Å²) in [5.74, 6) is 0.482. The number of benzene rings is 3. The fraction of sp³-hybridized carbons (Fsp3) is 0.562. The molecule has 1 nitrogen and oxygen atoms in total. The van der Waals surface area contributed by atoms with Gasteiger partial charge in [-0.3, -0.25) is 0 Å². The first-order valence-corrected chi connectivity index (χ1v) is 14.0. The van der Waals surface area contributed by atoms with Gasteiger partial charge in [0.05, 0.1) is 0 Å². The number of halogens is 2. The number of unbranched alkanes of at least 4 members (excludes halogenated alkanes) is 6. The SMILES string of the molecule is CCCCCCC(CCCCCC(F)CCCC)C(F)Oc1ccc2c(ccc3ccccc32)c1. The van der Waals surface area contributed by atoms with E-state index in [0.717, 1.165) is 68.6 Å². The van der Waals surface area contributed by atoms with Crippen LogP contribution >= 0.6 is 0 Å². The van der Waals surface area contributed by atoms with Crippen LogP contribution in [0.15, 0.2) is 54.6 Å². The van der Waals surface area contributed by atoms with Crippen LogP contribution in [0.4, 0.5) is 8.78 Å². The zero-order valence-corrected chi connectivity index (χ0v) is 21.8. The van der Waals surface area contributed by atoms with Crippen LogP contribution in [0, 0.1) is 5.92 Å². The van der Waals surface area contributed by atoms with Crippen LogP contribution < -0.4 is 4.74 Å². The molecule has 0 aliphatic rings. The second-order valence-electron chi connectivity index (χ2n) is 10.1. The third-order valence-electron chi connectivity index (χ3n) is 7.23. The van der Waals surface area contributed by atoms with E-state index in [2.05, 4.69) is 38.1 Å². The lowest BCUT2D eigenvalue weighted by molar-refractivity contribution is 0.00329. The molecule has 0 radical (unpaired) electrons. The van der Waals surface area contributed by atoms with E-state index in [9.17, 15) is 4.39 Å². The molecule has 0 amide bonds. The molecule has 192 valence electrons. The molecular weight excluding hydrogens is 438 g/mol. The molecule has 3 rings (SSSR count). The standard InChI is InChI=1S/C32H44F2O/c1-3-5-7-9-15-26(16-10-8-11-18-28(33)17-6-4-2)32(34)35-29-22-23-31-27(24-29)21-20-25-14-12-13-19-30(25)31/h12-14,19-24,26,28,32H,3-11,15-18H2,1-2H3. The first kappa shape index (κ1) is 27.4. The largest absolute Gasteiger partial charge is 0.460 e. The highest BCUT2D eigenvalue weighted by Gasteiger charge is 2.22. The first-order valence-electron chi connectivity index (χ1n) is 14.0. The molecule has 0 aliphatic carbocycles. The topological polar surface area (TPSA) is 9.23 Å². The Labute approximate surface area is 211 Å². The van der Waals surface area contributed by atoms with Gasteiger partial charge in [-0.2, -0.15) is 0 Å². The zero-order valence-electron chi connectivity index (χ0n) is 21.8. The number of hydrogen-bond donors (Lipinski definition) is 0. The van der Waals surface area contributed by atoms with Crippen molar-refractivity contribution in [3.8, 4) is 5.75 Å². The van der Waals surface area contributed by atoms with Crippen LogP contribution in [-0.2, 0) is 0 Å². The second-order valence-corrected chi connectivity index (χ2v) is 10.1. The molecule has 3 heteroatoms. The van der Waals surface area contributed by atoms with E-state index in [0.29, 0.717) is 18.6 Å². The van der Waals surface area contributed by atoms with Gasteiger partial charge < -0.3 is 4.74 Å². The molecule has 0 saturated carbocycles. The summed E-state index contributed by atoms with van der Waals surface area (Å²) in [5, 5.41) is 4.63. The van der Waals surface area contributed by atoms with E-state index >= 15 is 4.39 Å². The van der Waals surface area contributed by atoms with Crippen LogP contribution in [0.2, 0.25) is 0 Å². The fourth-order valence-corrected chi connectivity index (χ4v) is 5.05. The smallest absolute Gasteiger partial charge is 0.241 e. The summed E-state index contributed by atoms with van der Waals surface area (Å²) in [6.45, 7) is 4.29. The van der Waals surface area contributed by atoms with E-state index < -0.39 is 12.5 Å². The highest BCUT2D eigenvalue weighted by Crippen LogP contribution is 2.31. The molecule has 0 N–H and O–H groups in total. The van der Waals surface area contributed by atoms with Crippen molar-refractivity contribution in [2.75, 3.05) is 0 Å². The number of fused-ring (bicyclic) bond motifs is 3. The monoisotopic (exact) mass is 482 g/mol. The number of ether oxygens (including phenoxy) is 1. The minimum Gasteiger partial charge on any atom is -0.460 e. The summed E-state index contributed by atoms with van der Waals surface area (Å²) in [4.78, 5) is 0. The van der Waals surface area contributed by atoms with Gasteiger partial charge in [-0.25, -0.2) is 8.78 Å². The normalized spacial score (nSPS) is 14.3. The van der Waals surface area contributed by atoms with E-state index in [1.165, 1.54) is 23.6 Å². The number of rotatable bonds is 17. The highest BCUT2D eigenvalue weighted by molar-refractivity contribution is 6.07. The van der Waals surface area contributed by atoms with Crippen molar-refractivity contribution in [2.24, 2.45) is 5.92 Å². The van der Waals surface area contributed by atoms with Crippen LogP contribution in [0.3, 0.4) is 0 Å². The molecule has 0 aromatic heterocycles. The third-order valence-corrected chi connectivity index (χ3v) is 7.23. The summed E-state index contributed by atoms with van der Waals surface area (Å²) in [7, 11) is 0.